The zero-order chi connectivity index (χ0) is 28.0. The van der Waals surface area contributed by atoms with Gasteiger partial charge in [0.25, 0.3) is 5.91 Å². The summed E-state index contributed by atoms with van der Waals surface area (Å²) in [7, 11) is 0. The first-order valence-corrected chi connectivity index (χ1v) is 12.7. The van der Waals surface area contributed by atoms with Gasteiger partial charge in [-0.3, -0.25) is 14.7 Å². The molecule has 0 spiro atoms. The number of hydrogen-bond acceptors (Lipinski definition) is 9. The SMILES string of the molecule is Cc1n[nH]c(C)c1Oc1c(O)cc(O)c2c(=O)cc(-c3ccc(N4CCN(C(=O)c5ccco5)CC4)cc3)oc12. The Kier molecular flexibility index (Phi) is 6.18. The zero-order valence-corrected chi connectivity index (χ0v) is 21.8. The van der Waals surface area contributed by atoms with Crippen molar-refractivity contribution in [2.24, 2.45) is 0 Å². The quantitative estimate of drug-likeness (QED) is 0.291. The number of benzene rings is 2. The number of fused-ring (bicyclic) bond motifs is 1. The Morgan fingerprint density at radius 3 is 2.40 bits per heavy atom. The van der Waals surface area contributed by atoms with Gasteiger partial charge < -0.3 is 33.6 Å². The van der Waals surface area contributed by atoms with Gasteiger partial charge >= 0.3 is 0 Å². The van der Waals surface area contributed by atoms with Gasteiger partial charge in [0.05, 0.1) is 12.0 Å². The number of aromatic nitrogens is 2. The lowest BCUT2D eigenvalue weighted by molar-refractivity contribution is 0.0714. The molecule has 0 aliphatic carbocycles. The molecule has 6 rings (SSSR count). The summed E-state index contributed by atoms with van der Waals surface area (Å²) in [5, 5.41) is 27.8. The number of hydrogen-bond donors (Lipinski definition) is 3. The standard InChI is InChI=1S/C29H26N4O7/c1-16-26(17(2)31-30-16)40-27-22(36)14-20(34)25-21(35)15-24(39-28(25)27)18-5-7-19(8-6-18)32-9-11-33(12-10-32)29(37)23-4-3-13-38-23/h3-8,13-15,34,36H,9-12H2,1-2H3,(H,30,31). The molecule has 2 aromatic carbocycles. The van der Waals surface area contributed by atoms with Crippen molar-refractivity contribution in [3.63, 3.8) is 0 Å². The van der Waals surface area contributed by atoms with Crippen molar-refractivity contribution in [3.8, 4) is 34.3 Å². The molecule has 1 aliphatic heterocycles. The molecule has 0 saturated carbocycles. The van der Waals surface area contributed by atoms with Crippen LogP contribution in [0.5, 0.6) is 23.0 Å². The van der Waals surface area contributed by atoms with E-state index in [9.17, 15) is 19.8 Å². The fourth-order valence-corrected chi connectivity index (χ4v) is 4.87. The predicted octanol–water partition coefficient (Wildman–Crippen LogP) is 4.56. The molecule has 4 heterocycles. The summed E-state index contributed by atoms with van der Waals surface area (Å²) in [6.45, 7) is 5.93. The summed E-state index contributed by atoms with van der Waals surface area (Å²) in [5.74, 6) is -0.0622. The summed E-state index contributed by atoms with van der Waals surface area (Å²) in [4.78, 5) is 29.5. The number of aromatic hydroxyl groups is 2. The third kappa shape index (κ3) is 4.41. The molecule has 40 heavy (non-hydrogen) atoms. The van der Waals surface area contributed by atoms with Crippen LogP contribution in [0.4, 0.5) is 5.69 Å². The van der Waals surface area contributed by atoms with Crippen LogP contribution in [0.2, 0.25) is 0 Å². The Morgan fingerprint density at radius 1 is 1.00 bits per heavy atom. The highest BCUT2D eigenvalue weighted by atomic mass is 16.5. The molecule has 3 N–H and O–H groups in total. The number of phenols is 2. The van der Waals surface area contributed by atoms with Gasteiger partial charge in [0.1, 0.15) is 22.6 Å². The van der Waals surface area contributed by atoms with Crippen LogP contribution in [-0.2, 0) is 0 Å². The Labute approximate surface area is 227 Å². The van der Waals surface area contributed by atoms with Crippen LogP contribution >= 0.6 is 0 Å². The van der Waals surface area contributed by atoms with Crippen LogP contribution in [0, 0.1) is 13.8 Å². The molecule has 1 aliphatic rings. The topological polar surface area (TPSA) is 145 Å². The molecule has 204 valence electrons. The number of carbonyl (C=O) groups is 1. The van der Waals surface area contributed by atoms with E-state index in [2.05, 4.69) is 15.1 Å². The lowest BCUT2D eigenvalue weighted by Crippen LogP contribution is -2.48. The second-order valence-electron chi connectivity index (χ2n) is 9.59. The molecule has 0 bridgehead atoms. The fourth-order valence-electron chi connectivity index (χ4n) is 4.87. The third-order valence-electron chi connectivity index (χ3n) is 7.00. The van der Waals surface area contributed by atoms with E-state index < -0.39 is 11.2 Å². The number of nitrogens with zero attached hydrogens (tertiary/aromatic N) is 3. The highest BCUT2D eigenvalue weighted by molar-refractivity contribution is 5.92. The number of carbonyl (C=O) groups excluding carboxylic acids is 1. The number of rotatable bonds is 5. The predicted molar refractivity (Wildman–Crippen MR) is 146 cm³/mol. The summed E-state index contributed by atoms with van der Waals surface area (Å²) in [6, 6.07) is 13.2. The average Bonchev–Trinajstić information content (AvgIpc) is 3.60. The monoisotopic (exact) mass is 542 g/mol. The van der Waals surface area contributed by atoms with Crippen LogP contribution in [-0.4, -0.2) is 57.4 Å². The number of amides is 1. The van der Waals surface area contributed by atoms with Crippen LogP contribution in [0.1, 0.15) is 21.9 Å². The number of ether oxygens (including phenoxy) is 1. The highest BCUT2D eigenvalue weighted by Gasteiger charge is 2.25. The van der Waals surface area contributed by atoms with Crippen molar-refractivity contribution in [1.82, 2.24) is 15.1 Å². The lowest BCUT2D eigenvalue weighted by Gasteiger charge is -2.35. The van der Waals surface area contributed by atoms with E-state index in [1.807, 2.05) is 24.3 Å². The van der Waals surface area contributed by atoms with E-state index in [4.69, 9.17) is 13.6 Å². The van der Waals surface area contributed by atoms with Crippen molar-refractivity contribution in [2.75, 3.05) is 31.1 Å². The van der Waals surface area contributed by atoms with Gasteiger partial charge in [-0.2, -0.15) is 5.10 Å². The number of aromatic amines is 1. The lowest BCUT2D eigenvalue weighted by atomic mass is 10.1. The molecule has 1 fully saturated rings. The minimum atomic E-state index is -0.485. The number of phenolic OH excluding ortho intramolecular Hbond substituents is 2. The van der Waals surface area contributed by atoms with Crippen molar-refractivity contribution in [1.29, 1.82) is 0 Å². The first kappa shape index (κ1) is 25.1. The van der Waals surface area contributed by atoms with E-state index in [0.717, 1.165) is 11.8 Å². The van der Waals surface area contributed by atoms with E-state index in [0.29, 0.717) is 54.6 Å². The molecule has 5 aromatic rings. The largest absolute Gasteiger partial charge is 0.507 e. The van der Waals surface area contributed by atoms with Gasteiger partial charge in [0, 0.05) is 49.6 Å². The Morgan fingerprint density at radius 2 is 1.75 bits per heavy atom. The van der Waals surface area contributed by atoms with Crippen molar-refractivity contribution in [3.05, 3.63) is 82.2 Å². The molecule has 0 atom stereocenters. The molecular formula is C29H26N4O7. The first-order chi connectivity index (χ1) is 19.3. The fraction of sp³-hybridized carbons (Fsp3) is 0.207. The van der Waals surface area contributed by atoms with Gasteiger partial charge in [-0.15, -0.1) is 0 Å². The van der Waals surface area contributed by atoms with Crippen LogP contribution in [0.25, 0.3) is 22.3 Å². The zero-order valence-electron chi connectivity index (χ0n) is 21.8. The summed E-state index contributed by atoms with van der Waals surface area (Å²) >= 11 is 0. The molecule has 11 heteroatoms. The van der Waals surface area contributed by atoms with Gasteiger partial charge in [-0.05, 0) is 50.2 Å². The maximum atomic E-state index is 13.1. The minimum absolute atomic E-state index is 0.0820. The average molecular weight is 543 g/mol. The van der Waals surface area contributed by atoms with E-state index >= 15 is 0 Å². The van der Waals surface area contributed by atoms with E-state index in [1.54, 1.807) is 30.9 Å². The number of aryl methyl sites for hydroxylation is 2. The first-order valence-electron chi connectivity index (χ1n) is 12.7. The Bertz CT molecular complexity index is 1740. The molecule has 0 radical (unpaired) electrons. The minimum Gasteiger partial charge on any atom is -0.507 e. The number of H-pyrrole nitrogens is 1. The second-order valence-corrected chi connectivity index (χ2v) is 9.59. The van der Waals surface area contributed by atoms with Gasteiger partial charge in [0.2, 0.25) is 5.75 Å². The summed E-state index contributed by atoms with van der Waals surface area (Å²) in [5.41, 5.74) is 2.19. The second kappa shape index (κ2) is 9.84. The van der Waals surface area contributed by atoms with E-state index in [1.165, 1.54) is 12.3 Å². The summed E-state index contributed by atoms with van der Waals surface area (Å²) in [6.07, 6.45) is 1.49. The maximum absolute atomic E-state index is 13.1. The molecule has 1 amide bonds. The van der Waals surface area contributed by atoms with E-state index in [-0.39, 0.29) is 34.1 Å². The van der Waals surface area contributed by atoms with Crippen LogP contribution in [0.3, 0.4) is 0 Å². The molecule has 3 aromatic heterocycles. The Balaban J connectivity index is 1.27. The number of anilines is 1. The molecule has 0 unspecified atom stereocenters. The van der Waals surface area contributed by atoms with Gasteiger partial charge in [0.15, 0.2) is 28.3 Å². The maximum Gasteiger partial charge on any atom is 0.289 e. The number of nitrogens with one attached hydrogen (secondary N) is 1. The van der Waals surface area contributed by atoms with Gasteiger partial charge in [-0.25, -0.2) is 0 Å². The van der Waals surface area contributed by atoms with Crippen molar-refractivity contribution in [2.45, 2.75) is 13.8 Å². The number of furan rings is 1. The summed E-state index contributed by atoms with van der Waals surface area (Å²) < 4.78 is 17.2. The Hall–Kier alpha value is -5.19. The third-order valence-corrected chi connectivity index (χ3v) is 7.00. The highest BCUT2D eigenvalue weighted by Crippen LogP contribution is 2.43. The smallest absolute Gasteiger partial charge is 0.289 e. The molecular weight excluding hydrogens is 516 g/mol. The van der Waals surface area contributed by atoms with Crippen molar-refractivity contribution < 1.29 is 28.6 Å². The normalized spacial score (nSPS) is 13.7. The van der Waals surface area contributed by atoms with Crippen molar-refractivity contribution >= 4 is 22.6 Å². The van der Waals surface area contributed by atoms with Crippen LogP contribution in [0.15, 0.2) is 68.4 Å². The molecule has 1 saturated heterocycles. The number of piperazine rings is 1. The van der Waals surface area contributed by atoms with Crippen LogP contribution < -0.4 is 15.1 Å². The molecule has 11 nitrogen and oxygen atoms in total. The van der Waals surface area contributed by atoms with Gasteiger partial charge in [-0.1, -0.05) is 0 Å².